The van der Waals surface area contributed by atoms with Crippen molar-refractivity contribution < 1.29 is 32.5 Å². The molecule has 33 heavy (non-hydrogen) atoms. The number of hydrogen-bond donors (Lipinski definition) is 1. The number of ether oxygens (including phenoxy) is 1. The van der Waals surface area contributed by atoms with E-state index in [2.05, 4.69) is 6.92 Å². The number of phosphoric ester groups is 1. The highest BCUT2D eigenvalue weighted by Crippen LogP contribution is 2.60. The molecule has 0 aliphatic carbocycles. The average molecular weight is 493 g/mol. The number of phosphoric acid groups is 1. The number of hydrogen-bond acceptors (Lipinski definition) is 6. The Morgan fingerprint density at radius 2 is 1.42 bits per heavy atom. The van der Waals surface area contributed by atoms with Crippen LogP contribution >= 0.6 is 7.82 Å². The Morgan fingerprint density at radius 3 is 1.97 bits per heavy atom. The third kappa shape index (κ3) is 11.5. The van der Waals surface area contributed by atoms with Crippen LogP contribution in [-0.4, -0.2) is 68.5 Å². The van der Waals surface area contributed by atoms with E-state index in [0.717, 1.165) is 25.8 Å². The zero-order valence-corrected chi connectivity index (χ0v) is 22.4. The van der Waals surface area contributed by atoms with Gasteiger partial charge in [-0.25, -0.2) is 9.09 Å². The first kappa shape index (κ1) is 29.2. The molecule has 2 saturated heterocycles. The quantitative estimate of drug-likeness (QED) is 0.124. The number of aliphatic hydroxyl groups is 1. The molecule has 0 radical (unpaired) electrons. The van der Waals surface area contributed by atoms with E-state index in [-0.39, 0.29) is 25.5 Å². The first-order chi connectivity index (χ1) is 15.9. The van der Waals surface area contributed by atoms with Crippen LogP contribution in [0.4, 0.5) is 0 Å². The molecule has 4 unspecified atom stereocenters. The van der Waals surface area contributed by atoms with E-state index in [1.807, 2.05) is 14.1 Å². The monoisotopic (exact) mass is 492 g/mol. The van der Waals surface area contributed by atoms with Crippen molar-refractivity contribution in [3.8, 4) is 0 Å². The van der Waals surface area contributed by atoms with Crippen molar-refractivity contribution >= 4 is 7.82 Å². The molecule has 0 bridgehead atoms. The Balaban J connectivity index is 1.35. The molecule has 196 valence electrons. The van der Waals surface area contributed by atoms with Crippen molar-refractivity contribution in [3.05, 3.63) is 0 Å². The van der Waals surface area contributed by atoms with E-state index in [1.165, 1.54) is 77.0 Å². The lowest BCUT2D eigenvalue weighted by Gasteiger charge is -2.28. The van der Waals surface area contributed by atoms with Gasteiger partial charge in [0.2, 0.25) is 6.23 Å². The predicted molar refractivity (Wildman–Crippen MR) is 132 cm³/mol. The van der Waals surface area contributed by atoms with Gasteiger partial charge in [-0.2, -0.15) is 0 Å². The van der Waals surface area contributed by atoms with Crippen LogP contribution in [0.3, 0.4) is 0 Å². The van der Waals surface area contributed by atoms with Crippen LogP contribution in [0.15, 0.2) is 0 Å². The fourth-order valence-electron chi connectivity index (χ4n) is 4.71. The van der Waals surface area contributed by atoms with Crippen LogP contribution in [0.5, 0.6) is 0 Å². The van der Waals surface area contributed by atoms with Crippen molar-refractivity contribution in [2.24, 2.45) is 0 Å². The van der Waals surface area contributed by atoms with E-state index in [1.54, 1.807) is 0 Å². The molecule has 0 amide bonds. The minimum absolute atomic E-state index is 0.108. The smallest absolute Gasteiger partial charge is 0.388 e. The first-order valence-electron chi connectivity index (χ1n) is 13.6. The molecule has 2 heterocycles. The van der Waals surface area contributed by atoms with Crippen molar-refractivity contribution in [3.63, 3.8) is 0 Å². The minimum atomic E-state index is -3.59. The second kappa shape index (κ2) is 15.9. The summed E-state index contributed by atoms with van der Waals surface area (Å²) >= 11 is 0. The predicted octanol–water partition coefficient (Wildman–Crippen LogP) is 6.19. The normalized spacial score (nSPS) is 27.2. The summed E-state index contributed by atoms with van der Waals surface area (Å²) in [5.41, 5.74) is 0. The number of likely N-dealkylation sites (tertiary alicyclic amines) is 1. The third-order valence-corrected chi connectivity index (χ3v) is 8.34. The second-order valence-corrected chi connectivity index (χ2v) is 12.1. The largest absolute Gasteiger partial charge is 0.480 e. The Kier molecular flexibility index (Phi) is 14.1. The topological polar surface area (TPSA) is 74.2 Å². The summed E-state index contributed by atoms with van der Waals surface area (Å²) in [5.74, 6) is 0. The summed E-state index contributed by atoms with van der Waals surface area (Å²) in [7, 11) is 0.474. The molecule has 0 aromatic carbocycles. The molecule has 2 rings (SSSR count). The highest BCUT2D eigenvalue weighted by molar-refractivity contribution is 7.48. The number of aliphatic hydroxyl groups excluding tert-OH is 1. The summed E-state index contributed by atoms with van der Waals surface area (Å²) in [5, 5.41) is 10.1. The molecular formula is C25H51NO6P+. The van der Waals surface area contributed by atoms with Crippen LogP contribution < -0.4 is 0 Å². The van der Waals surface area contributed by atoms with Crippen molar-refractivity contribution in [1.29, 1.82) is 0 Å². The van der Waals surface area contributed by atoms with E-state index in [9.17, 15) is 9.67 Å². The summed E-state index contributed by atoms with van der Waals surface area (Å²) in [6.45, 7) is 3.89. The zero-order chi connectivity index (χ0) is 24.0. The zero-order valence-electron chi connectivity index (χ0n) is 21.5. The highest BCUT2D eigenvalue weighted by atomic mass is 31.2. The summed E-state index contributed by atoms with van der Waals surface area (Å²) < 4.78 is 35.3. The highest BCUT2D eigenvalue weighted by Gasteiger charge is 2.57. The van der Waals surface area contributed by atoms with E-state index < -0.39 is 13.9 Å². The summed E-state index contributed by atoms with van der Waals surface area (Å²) in [6, 6.07) is 0. The molecule has 1 N–H and O–H groups in total. The maximum atomic E-state index is 12.6. The Hall–Kier alpha value is -0.0100. The molecular weight excluding hydrogens is 441 g/mol. The number of nitrogens with zero attached hydrogens (tertiary/aromatic N) is 1. The van der Waals surface area contributed by atoms with Gasteiger partial charge in [0.15, 0.2) is 6.10 Å². The maximum Gasteiger partial charge on any atom is 0.480 e. The van der Waals surface area contributed by atoms with Crippen LogP contribution in [0.2, 0.25) is 0 Å². The molecule has 2 aliphatic rings. The van der Waals surface area contributed by atoms with Gasteiger partial charge in [0.05, 0.1) is 33.9 Å². The van der Waals surface area contributed by atoms with Crippen LogP contribution in [0.25, 0.3) is 0 Å². The van der Waals surface area contributed by atoms with Crippen molar-refractivity contribution in [2.45, 2.75) is 122 Å². The molecule has 2 fully saturated rings. The Labute approximate surface area is 202 Å². The standard InChI is InChI=1S/C25H51NO6P/c1-4-5-6-7-8-9-10-11-12-13-14-15-16-17-20-29-21-23(27)22-30-33(28)31-24-18-19-26(2,3)25(24)32-33/h23-25,27H,4-22H2,1-3H3/q+1. The lowest BCUT2D eigenvalue weighted by Crippen LogP contribution is -2.46. The fourth-order valence-corrected chi connectivity index (χ4v) is 6.43. The number of likely N-dealkylation sites (N-methyl/N-ethyl adjacent to an activating group) is 1. The van der Waals surface area contributed by atoms with Crippen LogP contribution in [0, 0.1) is 0 Å². The Bertz CT molecular complexity index is 561. The molecule has 0 aromatic rings. The Morgan fingerprint density at radius 1 is 0.879 bits per heavy atom. The maximum absolute atomic E-state index is 12.6. The second-order valence-electron chi connectivity index (χ2n) is 10.5. The lowest BCUT2D eigenvalue weighted by molar-refractivity contribution is -0.920. The van der Waals surface area contributed by atoms with Gasteiger partial charge in [0, 0.05) is 13.0 Å². The van der Waals surface area contributed by atoms with Crippen molar-refractivity contribution in [1.82, 2.24) is 0 Å². The van der Waals surface area contributed by atoms with Gasteiger partial charge < -0.3 is 14.3 Å². The van der Waals surface area contributed by atoms with Crippen LogP contribution in [-0.2, 0) is 22.9 Å². The van der Waals surface area contributed by atoms with Gasteiger partial charge in [-0.15, -0.1) is 0 Å². The van der Waals surface area contributed by atoms with Gasteiger partial charge in [-0.1, -0.05) is 90.4 Å². The summed E-state index contributed by atoms with van der Waals surface area (Å²) in [4.78, 5) is 0. The van der Waals surface area contributed by atoms with Crippen molar-refractivity contribution in [2.75, 3.05) is 40.5 Å². The van der Waals surface area contributed by atoms with Crippen LogP contribution in [0.1, 0.15) is 103 Å². The SMILES string of the molecule is CCCCCCCCCCCCCCCCOCC(O)COP1(=O)OC2CC[N+](C)(C)C2O1. The number of quaternary nitrogens is 1. The molecule has 8 heteroatoms. The van der Waals surface area contributed by atoms with E-state index in [0.29, 0.717) is 11.1 Å². The molecule has 0 saturated carbocycles. The average Bonchev–Trinajstić information content (AvgIpc) is 3.27. The van der Waals surface area contributed by atoms with Gasteiger partial charge >= 0.3 is 7.82 Å². The number of fused-ring (bicyclic) bond motifs is 1. The molecule has 0 aromatic heterocycles. The summed E-state index contributed by atoms with van der Waals surface area (Å²) in [6.07, 6.45) is 18.1. The van der Waals surface area contributed by atoms with Gasteiger partial charge in [0.25, 0.3) is 0 Å². The van der Waals surface area contributed by atoms with Gasteiger partial charge in [0.1, 0.15) is 6.10 Å². The number of unbranched alkanes of at least 4 members (excludes halogenated alkanes) is 13. The van der Waals surface area contributed by atoms with Gasteiger partial charge in [-0.3, -0.25) is 9.05 Å². The molecule has 2 aliphatic heterocycles. The lowest BCUT2D eigenvalue weighted by atomic mass is 10.0. The third-order valence-electron chi connectivity index (χ3n) is 6.88. The van der Waals surface area contributed by atoms with E-state index >= 15 is 0 Å². The first-order valence-corrected chi connectivity index (χ1v) is 15.0. The van der Waals surface area contributed by atoms with Gasteiger partial charge in [-0.05, 0) is 6.42 Å². The fraction of sp³-hybridized carbons (Fsp3) is 1.00. The molecule has 0 spiro atoms. The van der Waals surface area contributed by atoms with E-state index in [4.69, 9.17) is 18.3 Å². The molecule has 7 nitrogen and oxygen atoms in total. The number of rotatable bonds is 20. The minimum Gasteiger partial charge on any atom is -0.388 e. The molecule has 4 atom stereocenters.